The minimum atomic E-state index is -0.765. The van der Waals surface area contributed by atoms with Crippen LogP contribution < -0.4 is 11.1 Å². The van der Waals surface area contributed by atoms with E-state index < -0.39 is 5.54 Å². The van der Waals surface area contributed by atoms with E-state index in [0.717, 1.165) is 5.75 Å². The number of amides is 1. The fourth-order valence-electron chi connectivity index (χ4n) is 2.12. The largest absolute Gasteiger partial charge is 0.370 e. The maximum absolute atomic E-state index is 13.1. The van der Waals surface area contributed by atoms with Crippen molar-refractivity contribution in [1.29, 1.82) is 0 Å². The standard InChI is InChI=1S/C12H15FN2OS/c1-8-12(11(14)16,5-6-17-8)15-10-4-2-3-9(13)7-10/h2-4,7-8,15H,5-6H2,1H3,(H2,14,16). The third kappa shape index (κ3) is 2.24. The van der Waals surface area contributed by atoms with Gasteiger partial charge in [-0.3, -0.25) is 4.79 Å². The number of halogens is 1. The van der Waals surface area contributed by atoms with Gasteiger partial charge in [0.2, 0.25) is 5.91 Å². The lowest BCUT2D eigenvalue weighted by molar-refractivity contribution is -0.122. The number of benzene rings is 1. The molecule has 0 bridgehead atoms. The summed E-state index contributed by atoms with van der Waals surface area (Å²) in [6.07, 6.45) is 0.671. The van der Waals surface area contributed by atoms with Crippen LogP contribution in [0.3, 0.4) is 0 Å². The fourth-order valence-corrected chi connectivity index (χ4v) is 3.49. The Bertz CT molecular complexity index is 440. The van der Waals surface area contributed by atoms with E-state index >= 15 is 0 Å². The van der Waals surface area contributed by atoms with Gasteiger partial charge in [-0.15, -0.1) is 0 Å². The van der Waals surface area contributed by atoms with Gasteiger partial charge >= 0.3 is 0 Å². The number of nitrogens with two attached hydrogens (primary N) is 1. The van der Waals surface area contributed by atoms with Gasteiger partial charge in [-0.05, 0) is 30.4 Å². The monoisotopic (exact) mass is 254 g/mol. The van der Waals surface area contributed by atoms with Crippen molar-refractivity contribution in [1.82, 2.24) is 0 Å². The van der Waals surface area contributed by atoms with Crippen LogP contribution in [0, 0.1) is 5.82 Å². The normalized spacial score (nSPS) is 28.0. The van der Waals surface area contributed by atoms with Crippen molar-refractivity contribution >= 4 is 23.4 Å². The zero-order chi connectivity index (χ0) is 12.5. The minimum Gasteiger partial charge on any atom is -0.370 e. The number of nitrogens with one attached hydrogen (secondary N) is 1. The molecule has 1 aliphatic heterocycles. The Morgan fingerprint density at radius 1 is 1.65 bits per heavy atom. The molecule has 2 atom stereocenters. The molecule has 1 aromatic rings. The Balaban J connectivity index is 2.28. The van der Waals surface area contributed by atoms with Crippen LogP contribution in [-0.4, -0.2) is 22.4 Å². The molecule has 1 fully saturated rings. The predicted octanol–water partition coefficient (Wildman–Crippen LogP) is 1.99. The lowest BCUT2D eigenvalue weighted by Gasteiger charge is -2.31. The van der Waals surface area contributed by atoms with Gasteiger partial charge in [0.15, 0.2) is 0 Å². The second-order valence-corrected chi connectivity index (χ2v) is 5.68. The second-order valence-electron chi connectivity index (χ2n) is 4.23. The summed E-state index contributed by atoms with van der Waals surface area (Å²) in [5, 5.41) is 3.20. The highest BCUT2D eigenvalue weighted by Crippen LogP contribution is 2.38. The molecular formula is C12H15FN2OS. The summed E-state index contributed by atoms with van der Waals surface area (Å²) in [4.78, 5) is 11.7. The van der Waals surface area contributed by atoms with Crippen LogP contribution in [0.2, 0.25) is 0 Å². The third-order valence-electron chi connectivity index (χ3n) is 3.19. The summed E-state index contributed by atoms with van der Waals surface area (Å²) in [5.74, 6) is 0.180. The van der Waals surface area contributed by atoms with Crippen LogP contribution in [0.25, 0.3) is 0 Å². The van der Waals surface area contributed by atoms with E-state index in [9.17, 15) is 9.18 Å². The van der Waals surface area contributed by atoms with E-state index in [1.807, 2.05) is 6.92 Å². The molecule has 5 heteroatoms. The van der Waals surface area contributed by atoms with E-state index in [2.05, 4.69) is 5.32 Å². The van der Waals surface area contributed by atoms with Gasteiger partial charge in [0.05, 0.1) is 0 Å². The number of primary amides is 1. The lowest BCUT2D eigenvalue weighted by atomic mass is 9.91. The highest BCUT2D eigenvalue weighted by Gasteiger charge is 2.46. The first-order valence-electron chi connectivity index (χ1n) is 5.50. The van der Waals surface area contributed by atoms with E-state index in [1.54, 1.807) is 23.9 Å². The van der Waals surface area contributed by atoms with Crippen molar-refractivity contribution < 1.29 is 9.18 Å². The van der Waals surface area contributed by atoms with Gasteiger partial charge in [0.1, 0.15) is 11.4 Å². The highest BCUT2D eigenvalue weighted by molar-refractivity contribution is 8.00. The van der Waals surface area contributed by atoms with Crippen molar-refractivity contribution in [2.24, 2.45) is 5.73 Å². The van der Waals surface area contributed by atoms with Crippen LogP contribution in [0.5, 0.6) is 0 Å². The molecule has 0 aromatic heterocycles. The number of hydrogen-bond acceptors (Lipinski definition) is 3. The van der Waals surface area contributed by atoms with Crippen LogP contribution in [0.1, 0.15) is 13.3 Å². The van der Waals surface area contributed by atoms with Crippen LogP contribution >= 0.6 is 11.8 Å². The summed E-state index contributed by atoms with van der Waals surface area (Å²) < 4.78 is 13.1. The molecule has 2 rings (SSSR count). The van der Waals surface area contributed by atoms with Crippen molar-refractivity contribution in [3.8, 4) is 0 Å². The molecule has 3 nitrogen and oxygen atoms in total. The van der Waals surface area contributed by atoms with E-state index in [1.165, 1.54) is 12.1 Å². The Kier molecular flexibility index (Phi) is 3.28. The fraction of sp³-hybridized carbons (Fsp3) is 0.417. The van der Waals surface area contributed by atoms with Crippen molar-refractivity contribution in [3.05, 3.63) is 30.1 Å². The Labute approximate surface area is 104 Å². The van der Waals surface area contributed by atoms with Crippen LogP contribution in [0.15, 0.2) is 24.3 Å². The third-order valence-corrected chi connectivity index (χ3v) is 4.53. The maximum Gasteiger partial charge on any atom is 0.244 e. The molecule has 1 aromatic carbocycles. The van der Waals surface area contributed by atoms with Gasteiger partial charge in [-0.2, -0.15) is 11.8 Å². The average Bonchev–Trinajstić information content (AvgIpc) is 2.61. The second kappa shape index (κ2) is 4.56. The SMILES string of the molecule is CC1SCCC1(Nc1cccc(F)c1)C(N)=O. The Hall–Kier alpha value is -1.23. The summed E-state index contributed by atoms with van der Waals surface area (Å²) in [5.41, 5.74) is 5.33. The molecule has 1 saturated heterocycles. The van der Waals surface area contributed by atoms with Crippen LogP contribution in [-0.2, 0) is 4.79 Å². The molecule has 1 heterocycles. The van der Waals surface area contributed by atoms with Gasteiger partial charge in [0, 0.05) is 10.9 Å². The molecule has 0 aliphatic carbocycles. The lowest BCUT2D eigenvalue weighted by Crippen LogP contribution is -2.54. The maximum atomic E-state index is 13.1. The molecule has 92 valence electrons. The minimum absolute atomic E-state index is 0.0864. The van der Waals surface area contributed by atoms with Crippen molar-refractivity contribution in [3.63, 3.8) is 0 Å². The molecule has 1 aliphatic rings. The molecule has 3 N–H and O–H groups in total. The number of carbonyl (C=O) groups excluding carboxylic acids is 1. The quantitative estimate of drug-likeness (QED) is 0.867. The first-order chi connectivity index (χ1) is 8.04. The van der Waals surface area contributed by atoms with E-state index in [-0.39, 0.29) is 17.0 Å². The van der Waals surface area contributed by atoms with Gasteiger partial charge in [-0.25, -0.2) is 4.39 Å². The first kappa shape index (κ1) is 12.2. The van der Waals surface area contributed by atoms with E-state index in [0.29, 0.717) is 12.1 Å². The van der Waals surface area contributed by atoms with Gasteiger partial charge < -0.3 is 11.1 Å². The molecular weight excluding hydrogens is 239 g/mol. The molecule has 1 amide bonds. The number of anilines is 1. The summed E-state index contributed by atoms with van der Waals surface area (Å²) in [6, 6.07) is 6.10. The summed E-state index contributed by atoms with van der Waals surface area (Å²) in [7, 11) is 0. The first-order valence-corrected chi connectivity index (χ1v) is 6.55. The van der Waals surface area contributed by atoms with Crippen molar-refractivity contribution in [2.75, 3.05) is 11.1 Å². The molecule has 2 unspecified atom stereocenters. The number of rotatable bonds is 3. The topological polar surface area (TPSA) is 55.1 Å². The predicted molar refractivity (Wildman–Crippen MR) is 68.5 cm³/mol. The van der Waals surface area contributed by atoms with Crippen LogP contribution in [0.4, 0.5) is 10.1 Å². The average molecular weight is 254 g/mol. The Morgan fingerprint density at radius 3 is 2.94 bits per heavy atom. The number of hydrogen-bond donors (Lipinski definition) is 2. The highest BCUT2D eigenvalue weighted by atomic mass is 32.2. The number of thioether (sulfide) groups is 1. The van der Waals surface area contributed by atoms with Gasteiger partial charge in [0.25, 0.3) is 0 Å². The van der Waals surface area contributed by atoms with Gasteiger partial charge in [-0.1, -0.05) is 13.0 Å². The molecule has 0 saturated carbocycles. The smallest absolute Gasteiger partial charge is 0.244 e. The number of carbonyl (C=O) groups is 1. The Morgan fingerprint density at radius 2 is 2.41 bits per heavy atom. The zero-order valence-electron chi connectivity index (χ0n) is 9.57. The molecule has 17 heavy (non-hydrogen) atoms. The zero-order valence-corrected chi connectivity index (χ0v) is 10.4. The van der Waals surface area contributed by atoms with Crippen molar-refractivity contribution in [2.45, 2.75) is 24.1 Å². The summed E-state index contributed by atoms with van der Waals surface area (Å²) in [6.45, 7) is 1.97. The molecule has 0 radical (unpaired) electrons. The molecule has 0 spiro atoms. The summed E-state index contributed by atoms with van der Waals surface area (Å²) >= 11 is 1.70. The van der Waals surface area contributed by atoms with E-state index in [4.69, 9.17) is 5.73 Å².